The molecule has 2 aliphatic heterocycles. The first-order chi connectivity index (χ1) is 15.5. The molecule has 1 aromatic carbocycles. The summed E-state index contributed by atoms with van der Waals surface area (Å²) in [5.41, 5.74) is -0.344. The van der Waals surface area contributed by atoms with Gasteiger partial charge in [-0.1, -0.05) is 49.6 Å². The molecule has 0 spiro atoms. The molecule has 1 atom stereocenters. The molecule has 0 radical (unpaired) electrons. The van der Waals surface area contributed by atoms with Gasteiger partial charge in [0.05, 0.1) is 12.0 Å². The van der Waals surface area contributed by atoms with E-state index >= 15 is 0 Å². The number of aliphatic hydroxyl groups excluding tert-OH is 1. The lowest BCUT2D eigenvalue weighted by molar-refractivity contribution is -0.143. The molecule has 4 rings (SSSR count). The number of likely N-dealkylation sites (tertiary alicyclic amines) is 1. The van der Waals surface area contributed by atoms with Gasteiger partial charge in [0.2, 0.25) is 17.7 Å². The molecule has 0 bridgehead atoms. The van der Waals surface area contributed by atoms with E-state index in [1.54, 1.807) is 4.90 Å². The van der Waals surface area contributed by atoms with E-state index in [0.29, 0.717) is 45.2 Å². The van der Waals surface area contributed by atoms with Crippen LogP contribution in [0, 0.1) is 5.92 Å². The zero-order valence-corrected chi connectivity index (χ0v) is 18.9. The van der Waals surface area contributed by atoms with E-state index in [9.17, 15) is 14.4 Å². The second-order valence-electron chi connectivity index (χ2n) is 9.56. The molecule has 0 aromatic heterocycles. The third-order valence-corrected chi connectivity index (χ3v) is 7.49. The summed E-state index contributed by atoms with van der Waals surface area (Å²) in [7, 11) is 0. The number of piperazine rings is 1. The number of nitrogens with zero attached hydrogens (tertiary/aromatic N) is 3. The molecule has 3 fully saturated rings. The van der Waals surface area contributed by atoms with Gasteiger partial charge in [-0.05, 0) is 24.3 Å². The Balaban J connectivity index is 1.52. The third-order valence-electron chi connectivity index (χ3n) is 7.49. The van der Waals surface area contributed by atoms with E-state index in [1.165, 1.54) is 11.3 Å². The fraction of sp³-hybridized carbons (Fsp3) is 0.640. The van der Waals surface area contributed by atoms with Crippen molar-refractivity contribution in [2.75, 3.05) is 45.9 Å². The fourth-order valence-corrected chi connectivity index (χ4v) is 5.57. The first-order valence-corrected chi connectivity index (χ1v) is 12.0. The normalized spacial score (nSPS) is 25.5. The number of carbonyl (C=O) groups is 3. The van der Waals surface area contributed by atoms with Crippen molar-refractivity contribution < 1.29 is 19.5 Å². The predicted molar refractivity (Wildman–Crippen MR) is 121 cm³/mol. The molecule has 3 aliphatic rings. The molecule has 3 amide bonds. The van der Waals surface area contributed by atoms with E-state index in [4.69, 9.17) is 5.11 Å². The summed E-state index contributed by atoms with van der Waals surface area (Å²) in [4.78, 5) is 45.5. The molecular weight excluding hydrogens is 406 g/mol. The summed E-state index contributed by atoms with van der Waals surface area (Å²) < 4.78 is 0. The summed E-state index contributed by atoms with van der Waals surface area (Å²) in [6.45, 7) is 3.80. The van der Waals surface area contributed by atoms with Gasteiger partial charge < -0.3 is 10.0 Å². The molecule has 174 valence electrons. The standard InChI is InChI=1S/C25H35N3O4/c29-16-15-26-11-13-27(14-12-26)22(30)17-25(21-9-5-2-6-10-21)18-23(31)28(24(25)32)19-20-7-3-1-4-8-20/h2,5-6,9-10,20,29H,1,3-4,7-8,11-19H2/t25-/m0/s1. The van der Waals surface area contributed by atoms with E-state index in [0.717, 1.165) is 31.2 Å². The van der Waals surface area contributed by atoms with Gasteiger partial charge in [0.25, 0.3) is 0 Å². The van der Waals surface area contributed by atoms with E-state index in [-0.39, 0.29) is 37.2 Å². The Morgan fingerprint density at radius 3 is 2.34 bits per heavy atom. The molecule has 1 aromatic rings. The lowest BCUT2D eigenvalue weighted by Crippen LogP contribution is -2.51. The van der Waals surface area contributed by atoms with Gasteiger partial charge in [0.1, 0.15) is 0 Å². The van der Waals surface area contributed by atoms with Crippen LogP contribution >= 0.6 is 0 Å². The second kappa shape index (κ2) is 10.1. The van der Waals surface area contributed by atoms with Gasteiger partial charge in [-0.25, -0.2) is 0 Å². The maximum atomic E-state index is 13.8. The molecule has 0 unspecified atom stereocenters. The lowest BCUT2D eigenvalue weighted by atomic mass is 9.75. The van der Waals surface area contributed by atoms with Gasteiger partial charge >= 0.3 is 0 Å². The van der Waals surface area contributed by atoms with Crippen LogP contribution < -0.4 is 0 Å². The minimum absolute atomic E-state index is 0.0305. The van der Waals surface area contributed by atoms with Gasteiger partial charge in [0.15, 0.2) is 0 Å². The summed E-state index contributed by atoms with van der Waals surface area (Å²) in [5.74, 6) is -0.0479. The molecule has 7 heteroatoms. The Morgan fingerprint density at radius 2 is 1.69 bits per heavy atom. The van der Waals surface area contributed by atoms with E-state index < -0.39 is 5.41 Å². The Hall–Kier alpha value is -2.25. The molecular formula is C25H35N3O4. The maximum Gasteiger partial charge on any atom is 0.240 e. The molecule has 1 N–H and O–H groups in total. The minimum atomic E-state index is -1.10. The molecule has 2 heterocycles. The van der Waals surface area contributed by atoms with Crippen LogP contribution in [0.3, 0.4) is 0 Å². The zero-order chi connectivity index (χ0) is 22.6. The van der Waals surface area contributed by atoms with Crippen LogP contribution in [0.15, 0.2) is 30.3 Å². The van der Waals surface area contributed by atoms with Crippen LogP contribution in [-0.2, 0) is 19.8 Å². The highest BCUT2D eigenvalue weighted by molar-refractivity contribution is 6.10. The van der Waals surface area contributed by atoms with Gasteiger partial charge in [-0.3, -0.25) is 24.2 Å². The second-order valence-corrected chi connectivity index (χ2v) is 9.56. The quantitative estimate of drug-likeness (QED) is 0.653. The summed E-state index contributed by atoms with van der Waals surface area (Å²) >= 11 is 0. The minimum Gasteiger partial charge on any atom is -0.395 e. The van der Waals surface area contributed by atoms with Crippen molar-refractivity contribution in [1.82, 2.24) is 14.7 Å². The predicted octanol–water partition coefficient (Wildman–Crippen LogP) is 1.79. The van der Waals surface area contributed by atoms with Crippen LogP contribution in [0.1, 0.15) is 50.5 Å². The largest absolute Gasteiger partial charge is 0.395 e. The smallest absolute Gasteiger partial charge is 0.240 e. The molecule has 1 saturated carbocycles. The first kappa shape index (κ1) is 22.9. The van der Waals surface area contributed by atoms with Crippen molar-refractivity contribution in [3.63, 3.8) is 0 Å². The van der Waals surface area contributed by atoms with Crippen LogP contribution in [0.2, 0.25) is 0 Å². The summed E-state index contributed by atoms with van der Waals surface area (Å²) in [6.07, 6.45) is 5.77. The lowest BCUT2D eigenvalue weighted by Gasteiger charge is -2.36. The van der Waals surface area contributed by atoms with Crippen molar-refractivity contribution in [2.45, 2.75) is 50.4 Å². The highest BCUT2D eigenvalue weighted by Gasteiger charge is 2.54. The van der Waals surface area contributed by atoms with Crippen molar-refractivity contribution in [2.24, 2.45) is 5.92 Å². The number of benzene rings is 1. The molecule has 32 heavy (non-hydrogen) atoms. The van der Waals surface area contributed by atoms with Crippen molar-refractivity contribution in [1.29, 1.82) is 0 Å². The number of rotatable bonds is 7. The SMILES string of the molecule is O=C(C[C@@]1(c2ccccc2)CC(=O)N(CC2CCCCC2)C1=O)N1CCN(CCO)CC1. The highest BCUT2D eigenvalue weighted by atomic mass is 16.3. The molecule has 1 aliphatic carbocycles. The highest BCUT2D eigenvalue weighted by Crippen LogP contribution is 2.41. The average molecular weight is 442 g/mol. The van der Waals surface area contributed by atoms with Gasteiger partial charge in [0, 0.05) is 52.1 Å². The zero-order valence-electron chi connectivity index (χ0n) is 18.9. The van der Waals surface area contributed by atoms with E-state index in [1.807, 2.05) is 30.3 Å². The van der Waals surface area contributed by atoms with Gasteiger partial charge in [-0.15, -0.1) is 0 Å². The van der Waals surface area contributed by atoms with Crippen molar-refractivity contribution in [3.05, 3.63) is 35.9 Å². The van der Waals surface area contributed by atoms with Crippen LogP contribution in [0.5, 0.6) is 0 Å². The Morgan fingerprint density at radius 1 is 1.00 bits per heavy atom. The maximum absolute atomic E-state index is 13.8. The molecule has 7 nitrogen and oxygen atoms in total. The number of carbonyl (C=O) groups excluding carboxylic acids is 3. The summed E-state index contributed by atoms with van der Waals surface area (Å²) in [5, 5.41) is 9.14. The fourth-order valence-electron chi connectivity index (χ4n) is 5.57. The third kappa shape index (κ3) is 4.74. The Bertz CT molecular complexity index is 816. The Labute approximate surface area is 190 Å². The topological polar surface area (TPSA) is 81.2 Å². The number of aliphatic hydroxyl groups is 1. The van der Waals surface area contributed by atoms with Crippen LogP contribution in [0.4, 0.5) is 0 Å². The Kier molecular flexibility index (Phi) is 7.26. The van der Waals surface area contributed by atoms with Crippen molar-refractivity contribution in [3.8, 4) is 0 Å². The number of hydrogen-bond donors (Lipinski definition) is 1. The number of hydrogen-bond acceptors (Lipinski definition) is 5. The average Bonchev–Trinajstić information content (AvgIpc) is 3.06. The van der Waals surface area contributed by atoms with E-state index in [2.05, 4.69) is 4.90 Å². The number of β-amino-alcohol motifs (C(OH)–C–C–N with tert-alkyl or cyclic N) is 1. The molecule has 2 saturated heterocycles. The van der Waals surface area contributed by atoms with Gasteiger partial charge in [-0.2, -0.15) is 0 Å². The monoisotopic (exact) mass is 441 g/mol. The van der Waals surface area contributed by atoms with Crippen molar-refractivity contribution >= 4 is 17.7 Å². The number of amides is 3. The first-order valence-electron chi connectivity index (χ1n) is 12.0. The van der Waals surface area contributed by atoms with Crippen LogP contribution in [0.25, 0.3) is 0 Å². The summed E-state index contributed by atoms with van der Waals surface area (Å²) in [6, 6.07) is 9.39. The van der Waals surface area contributed by atoms with Crippen LogP contribution in [-0.4, -0.2) is 83.4 Å². The number of imide groups is 1.